The molecule has 1 saturated carbocycles. The largest absolute Gasteiger partial charge is 0.480 e. The van der Waals surface area contributed by atoms with Gasteiger partial charge in [0.15, 0.2) is 0 Å². The van der Waals surface area contributed by atoms with E-state index in [2.05, 4.69) is 18.5 Å². The Kier molecular flexibility index (Phi) is 6.91. The van der Waals surface area contributed by atoms with E-state index in [-0.39, 0.29) is 23.8 Å². The smallest absolute Gasteiger partial charge is 0.408 e. The summed E-state index contributed by atoms with van der Waals surface area (Å²) >= 11 is 0. The molecule has 1 aliphatic carbocycles. The highest BCUT2D eigenvalue weighted by atomic mass is 16.6. The average Bonchev–Trinajstić information content (AvgIpc) is 3.32. The van der Waals surface area contributed by atoms with Gasteiger partial charge >= 0.3 is 12.1 Å². The van der Waals surface area contributed by atoms with Crippen LogP contribution < -0.4 is 5.32 Å². The third-order valence-electron chi connectivity index (χ3n) is 5.24. The summed E-state index contributed by atoms with van der Waals surface area (Å²) in [6.45, 7) is 12.8. The summed E-state index contributed by atoms with van der Waals surface area (Å²) in [6.07, 6.45) is 6.09. The molecule has 0 radical (unpaired) electrons. The molecule has 2 amide bonds. The number of ether oxygens (including phenoxy) is 1. The first-order chi connectivity index (χ1) is 13.1. The zero-order chi connectivity index (χ0) is 21.1. The number of rotatable bonds is 8. The van der Waals surface area contributed by atoms with Gasteiger partial charge in [-0.15, -0.1) is 13.2 Å². The molecule has 7 nitrogen and oxygen atoms in total. The number of nitrogens with one attached hydrogen (secondary N) is 1. The summed E-state index contributed by atoms with van der Waals surface area (Å²) in [4.78, 5) is 39.0. The molecule has 4 atom stereocenters. The summed E-state index contributed by atoms with van der Waals surface area (Å²) in [5, 5.41) is 12.3. The Morgan fingerprint density at radius 2 is 1.86 bits per heavy atom. The number of carbonyl (C=O) groups excluding carboxylic acids is 2. The number of amides is 2. The molecule has 0 unspecified atom stereocenters. The molecule has 2 rings (SSSR count). The quantitative estimate of drug-likeness (QED) is 0.619. The zero-order valence-electron chi connectivity index (χ0n) is 17.0. The fourth-order valence-electron chi connectivity index (χ4n) is 3.88. The van der Waals surface area contributed by atoms with E-state index in [0.717, 1.165) is 12.8 Å². The lowest BCUT2D eigenvalue weighted by atomic mass is 9.92. The number of carboxylic acid groups (broad SMARTS) is 1. The number of alkyl carbamates (subject to hydrolysis) is 1. The lowest BCUT2D eigenvalue weighted by molar-refractivity contribution is -0.151. The van der Waals surface area contributed by atoms with Crippen LogP contribution in [-0.4, -0.2) is 51.7 Å². The van der Waals surface area contributed by atoms with Gasteiger partial charge in [-0.2, -0.15) is 0 Å². The summed E-state index contributed by atoms with van der Waals surface area (Å²) in [5.74, 6) is -1.43. The van der Waals surface area contributed by atoms with Crippen LogP contribution in [0.3, 0.4) is 0 Å². The highest BCUT2D eigenvalue weighted by Gasteiger charge is 2.47. The van der Waals surface area contributed by atoms with Gasteiger partial charge in [-0.1, -0.05) is 12.2 Å². The van der Waals surface area contributed by atoms with Gasteiger partial charge in [-0.25, -0.2) is 9.59 Å². The van der Waals surface area contributed by atoms with Crippen molar-refractivity contribution in [1.29, 1.82) is 0 Å². The zero-order valence-corrected chi connectivity index (χ0v) is 17.0. The maximum atomic E-state index is 13.5. The van der Waals surface area contributed by atoms with Gasteiger partial charge < -0.3 is 20.1 Å². The van der Waals surface area contributed by atoms with Crippen LogP contribution in [0.25, 0.3) is 0 Å². The van der Waals surface area contributed by atoms with Gasteiger partial charge in [0.1, 0.15) is 17.7 Å². The topological polar surface area (TPSA) is 95.9 Å². The minimum atomic E-state index is -1.03. The van der Waals surface area contributed by atoms with Gasteiger partial charge in [0.2, 0.25) is 5.91 Å². The number of nitrogens with zero attached hydrogens (tertiary/aromatic N) is 1. The van der Waals surface area contributed by atoms with Crippen LogP contribution in [0.2, 0.25) is 0 Å². The highest BCUT2D eigenvalue weighted by molar-refractivity contribution is 5.90. The Labute approximate surface area is 166 Å². The van der Waals surface area contributed by atoms with E-state index in [9.17, 15) is 19.5 Å². The van der Waals surface area contributed by atoms with Gasteiger partial charge in [-0.05, 0) is 58.8 Å². The first-order valence-corrected chi connectivity index (χ1v) is 9.87. The Morgan fingerprint density at radius 3 is 2.32 bits per heavy atom. The average molecular weight is 392 g/mol. The van der Waals surface area contributed by atoms with Gasteiger partial charge in [0.25, 0.3) is 0 Å². The van der Waals surface area contributed by atoms with Crippen molar-refractivity contribution < 1.29 is 24.2 Å². The number of likely N-dealkylation sites (tertiary alicyclic amines) is 1. The Hall–Kier alpha value is -2.31. The molecule has 1 aliphatic heterocycles. The molecular formula is C21H32N2O5. The van der Waals surface area contributed by atoms with Crippen molar-refractivity contribution in [3.63, 3.8) is 0 Å². The molecule has 0 bridgehead atoms. The molecule has 2 fully saturated rings. The molecule has 1 heterocycles. The SMILES string of the molecule is C=CC[C@H]1CC[C@@H](C(=O)O)N1C(=O)[C@@H](NC(=O)OC(C)(C)C)[C@@H](C=C)C1CC1. The minimum absolute atomic E-state index is 0.237. The predicted molar refractivity (Wildman–Crippen MR) is 106 cm³/mol. The monoisotopic (exact) mass is 392 g/mol. The summed E-state index contributed by atoms with van der Waals surface area (Å²) in [6, 6.07) is -2.03. The van der Waals surface area contributed by atoms with Crippen molar-refractivity contribution in [3.8, 4) is 0 Å². The van der Waals surface area contributed by atoms with Crippen LogP contribution in [0.15, 0.2) is 25.3 Å². The second-order valence-electron chi connectivity index (χ2n) is 8.63. The summed E-state index contributed by atoms with van der Waals surface area (Å²) in [5.41, 5.74) is -0.705. The molecule has 28 heavy (non-hydrogen) atoms. The molecule has 0 spiro atoms. The molecule has 0 aromatic carbocycles. The van der Waals surface area contributed by atoms with Crippen LogP contribution in [0.1, 0.15) is 52.9 Å². The molecule has 2 aliphatic rings. The van der Waals surface area contributed by atoms with Crippen LogP contribution in [-0.2, 0) is 14.3 Å². The third kappa shape index (κ3) is 5.36. The van der Waals surface area contributed by atoms with Crippen LogP contribution in [0, 0.1) is 11.8 Å². The predicted octanol–water partition coefficient (Wildman–Crippen LogP) is 3.11. The van der Waals surface area contributed by atoms with Gasteiger partial charge in [0.05, 0.1) is 0 Å². The van der Waals surface area contributed by atoms with Crippen LogP contribution in [0.4, 0.5) is 4.79 Å². The number of carboxylic acids is 1. The van der Waals surface area contributed by atoms with E-state index in [1.165, 1.54) is 4.90 Å². The number of carbonyl (C=O) groups is 3. The van der Waals surface area contributed by atoms with E-state index < -0.39 is 29.7 Å². The van der Waals surface area contributed by atoms with Crippen molar-refractivity contribution >= 4 is 18.0 Å². The molecule has 156 valence electrons. The fourth-order valence-corrected chi connectivity index (χ4v) is 3.88. The van der Waals surface area contributed by atoms with Crippen molar-refractivity contribution in [2.24, 2.45) is 11.8 Å². The van der Waals surface area contributed by atoms with Gasteiger partial charge in [-0.3, -0.25) is 4.79 Å². The van der Waals surface area contributed by atoms with Crippen molar-refractivity contribution in [2.75, 3.05) is 0 Å². The maximum Gasteiger partial charge on any atom is 0.408 e. The second kappa shape index (κ2) is 8.80. The van der Waals surface area contributed by atoms with E-state index in [0.29, 0.717) is 19.3 Å². The van der Waals surface area contributed by atoms with E-state index >= 15 is 0 Å². The Bertz CT molecular complexity index is 635. The first kappa shape index (κ1) is 22.0. The highest BCUT2D eigenvalue weighted by Crippen LogP contribution is 2.40. The number of hydrogen-bond acceptors (Lipinski definition) is 4. The summed E-state index contributed by atoms with van der Waals surface area (Å²) < 4.78 is 5.34. The van der Waals surface area contributed by atoms with Crippen molar-refractivity contribution in [3.05, 3.63) is 25.3 Å². The van der Waals surface area contributed by atoms with Crippen molar-refractivity contribution in [2.45, 2.75) is 76.6 Å². The number of hydrogen-bond donors (Lipinski definition) is 2. The third-order valence-corrected chi connectivity index (χ3v) is 5.24. The van der Waals surface area contributed by atoms with Gasteiger partial charge in [0, 0.05) is 12.0 Å². The van der Waals surface area contributed by atoms with E-state index in [1.54, 1.807) is 32.9 Å². The molecule has 0 aromatic rings. The molecular weight excluding hydrogens is 360 g/mol. The van der Waals surface area contributed by atoms with E-state index in [1.807, 2.05) is 0 Å². The first-order valence-electron chi connectivity index (χ1n) is 9.87. The molecule has 1 saturated heterocycles. The van der Waals surface area contributed by atoms with Crippen LogP contribution >= 0.6 is 0 Å². The molecule has 2 N–H and O–H groups in total. The normalized spacial score (nSPS) is 24.2. The number of aliphatic carboxylic acids is 1. The maximum absolute atomic E-state index is 13.5. The van der Waals surface area contributed by atoms with E-state index in [4.69, 9.17) is 4.74 Å². The summed E-state index contributed by atoms with van der Waals surface area (Å²) in [7, 11) is 0. The van der Waals surface area contributed by atoms with Crippen LogP contribution in [0.5, 0.6) is 0 Å². The molecule has 7 heteroatoms. The second-order valence-corrected chi connectivity index (χ2v) is 8.63. The standard InChI is InChI=1S/C21H32N2O5/c1-6-8-14-11-12-16(19(25)26)23(14)18(24)17(15(7-2)13-9-10-13)22-20(27)28-21(3,4)5/h6-7,13-17H,1-2,8-12H2,3-5H3,(H,22,27)(H,25,26)/t14-,15-,16-,17-/m0/s1. The Balaban J connectivity index is 2.30. The Morgan fingerprint density at radius 1 is 1.21 bits per heavy atom. The lowest BCUT2D eigenvalue weighted by Gasteiger charge is -2.34. The van der Waals surface area contributed by atoms with Crippen molar-refractivity contribution in [1.82, 2.24) is 10.2 Å². The fraction of sp³-hybridized carbons (Fsp3) is 0.667. The molecule has 0 aromatic heterocycles. The lowest BCUT2D eigenvalue weighted by Crippen LogP contribution is -2.57. The minimum Gasteiger partial charge on any atom is -0.480 e.